The maximum atomic E-state index is 10.8. The number of carbonyl (C=O) groups excluding carboxylic acids is 1. The van der Waals surface area contributed by atoms with E-state index in [9.17, 15) is 9.90 Å². The third-order valence-corrected chi connectivity index (χ3v) is 5.38. The molecule has 1 heterocycles. The molecule has 0 amide bonds. The Balaban J connectivity index is 1.92. The summed E-state index contributed by atoms with van der Waals surface area (Å²) in [4.78, 5) is 12.6. The van der Waals surface area contributed by atoms with Gasteiger partial charge in [-0.1, -0.05) is 27.7 Å². The van der Waals surface area contributed by atoms with E-state index in [2.05, 4.69) is 20.8 Å². The summed E-state index contributed by atoms with van der Waals surface area (Å²) >= 11 is 0. The summed E-state index contributed by atoms with van der Waals surface area (Å²) in [6.45, 7) is 10.2. The Labute approximate surface area is 140 Å². The summed E-state index contributed by atoms with van der Waals surface area (Å²) in [7, 11) is 0. The van der Waals surface area contributed by atoms with Crippen LogP contribution in [-0.4, -0.2) is 54.1 Å². The molecular formula is C18H33NO4. The number of hydrogen-bond acceptors (Lipinski definition) is 5. The van der Waals surface area contributed by atoms with Crippen molar-refractivity contribution in [3.8, 4) is 0 Å². The van der Waals surface area contributed by atoms with Gasteiger partial charge in [-0.3, -0.25) is 4.90 Å². The van der Waals surface area contributed by atoms with Gasteiger partial charge in [-0.25, -0.2) is 0 Å². The lowest BCUT2D eigenvalue weighted by molar-refractivity contribution is -0.213. The van der Waals surface area contributed by atoms with Crippen molar-refractivity contribution < 1.29 is 19.4 Å². The second kappa shape index (κ2) is 7.60. The van der Waals surface area contributed by atoms with Crippen molar-refractivity contribution in [1.29, 1.82) is 0 Å². The maximum Gasteiger partial charge on any atom is 0.169 e. The molecule has 2 unspecified atom stereocenters. The van der Waals surface area contributed by atoms with Gasteiger partial charge in [0, 0.05) is 19.4 Å². The minimum absolute atomic E-state index is 0.230. The first kappa shape index (κ1) is 18.8. The number of carbonyl (C=O) groups is 1. The largest absolute Gasteiger partial charge is 0.375 e. The molecule has 1 aliphatic heterocycles. The Kier molecular flexibility index (Phi) is 6.22. The first-order chi connectivity index (χ1) is 10.8. The van der Waals surface area contributed by atoms with Crippen LogP contribution in [0.4, 0.5) is 0 Å². The lowest BCUT2D eigenvalue weighted by Gasteiger charge is -2.41. The van der Waals surface area contributed by atoms with E-state index in [1.165, 1.54) is 0 Å². The molecule has 0 aromatic rings. The van der Waals surface area contributed by atoms with Gasteiger partial charge in [-0.15, -0.1) is 0 Å². The molecule has 1 saturated carbocycles. The Morgan fingerprint density at radius 3 is 2.52 bits per heavy atom. The fraction of sp³-hybridized carbons (Fsp3) is 0.944. The van der Waals surface area contributed by atoms with Gasteiger partial charge >= 0.3 is 0 Å². The van der Waals surface area contributed by atoms with Gasteiger partial charge in [0.05, 0.1) is 13.2 Å². The topological polar surface area (TPSA) is 59.0 Å². The number of rotatable bonds is 6. The van der Waals surface area contributed by atoms with Gasteiger partial charge in [0.1, 0.15) is 18.6 Å². The molecule has 1 N–H and O–H groups in total. The molecule has 2 rings (SSSR count). The van der Waals surface area contributed by atoms with E-state index in [-0.39, 0.29) is 12.6 Å². The highest BCUT2D eigenvalue weighted by Gasteiger charge is 2.48. The van der Waals surface area contributed by atoms with E-state index in [0.717, 1.165) is 38.4 Å². The lowest BCUT2D eigenvalue weighted by atomic mass is 9.71. The Bertz CT molecular complexity index is 385. The fourth-order valence-electron chi connectivity index (χ4n) is 3.86. The van der Waals surface area contributed by atoms with Crippen molar-refractivity contribution in [2.45, 2.75) is 77.9 Å². The number of aldehydes is 1. The van der Waals surface area contributed by atoms with Crippen molar-refractivity contribution in [2.75, 3.05) is 19.7 Å². The average Bonchev–Trinajstić information content (AvgIpc) is 2.89. The summed E-state index contributed by atoms with van der Waals surface area (Å²) in [5.41, 5.74) is 0.320. The highest BCUT2D eigenvalue weighted by atomic mass is 16.7. The summed E-state index contributed by atoms with van der Waals surface area (Å²) < 4.78 is 12.1. The molecule has 2 aliphatic rings. The highest BCUT2D eigenvalue weighted by molar-refractivity contribution is 5.52. The normalized spacial score (nSPS) is 33.3. The van der Waals surface area contributed by atoms with Gasteiger partial charge in [-0.2, -0.15) is 0 Å². The molecule has 2 fully saturated rings. The third kappa shape index (κ3) is 4.53. The molecule has 134 valence electrons. The molecule has 1 saturated heterocycles. The zero-order valence-corrected chi connectivity index (χ0v) is 15.1. The quantitative estimate of drug-likeness (QED) is 0.600. The maximum absolute atomic E-state index is 10.8. The van der Waals surface area contributed by atoms with Crippen LogP contribution in [0.15, 0.2) is 0 Å². The SMILES string of the molecule is CCCN(CC=O)C(O)C1COC2(CCC(C(C)(C)C)CC2)O1. The molecule has 0 radical (unpaired) electrons. The first-order valence-electron chi connectivity index (χ1n) is 8.99. The summed E-state index contributed by atoms with van der Waals surface area (Å²) in [5.74, 6) is 0.169. The molecule has 5 heteroatoms. The van der Waals surface area contributed by atoms with Crippen LogP contribution in [0, 0.1) is 11.3 Å². The van der Waals surface area contributed by atoms with Gasteiger partial charge in [0.15, 0.2) is 5.79 Å². The van der Waals surface area contributed by atoms with Crippen LogP contribution >= 0.6 is 0 Å². The Morgan fingerprint density at radius 2 is 2.00 bits per heavy atom. The minimum atomic E-state index is -0.778. The van der Waals surface area contributed by atoms with Crippen molar-refractivity contribution in [3.63, 3.8) is 0 Å². The van der Waals surface area contributed by atoms with Crippen LogP contribution in [0.2, 0.25) is 0 Å². The highest BCUT2D eigenvalue weighted by Crippen LogP contribution is 2.45. The zero-order chi connectivity index (χ0) is 17.1. The lowest BCUT2D eigenvalue weighted by Crippen LogP contribution is -2.47. The average molecular weight is 327 g/mol. The minimum Gasteiger partial charge on any atom is -0.375 e. The van der Waals surface area contributed by atoms with Crippen LogP contribution in [0.5, 0.6) is 0 Å². The van der Waals surface area contributed by atoms with Crippen molar-refractivity contribution in [1.82, 2.24) is 4.90 Å². The first-order valence-corrected chi connectivity index (χ1v) is 8.99. The molecule has 1 aliphatic carbocycles. The van der Waals surface area contributed by atoms with Crippen molar-refractivity contribution in [3.05, 3.63) is 0 Å². The molecular weight excluding hydrogens is 294 g/mol. The molecule has 0 aromatic carbocycles. The number of aliphatic hydroxyl groups excluding tert-OH is 1. The molecule has 23 heavy (non-hydrogen) atoms. The monoisotopic (exact) mass is 327 g/mol. The molecule has 1 spiro atoms. The number of nitrogens with zero attached hydrogens (tertiary/aromatic N) is 1. The Hall–Kier alpha value is -0.490. The second-order valence-corrected chi connectivity index (χ2v) is 8.09. The van der Waals surface area contributed by atoms with Crippen molar-refractivity contribution in [2.24, 2.45) is 11.3 Å². The van der Waals surface area contributed by atoms with Crippen molar-refractivity contribution >= 4 is 6.29 Å². The molecule has 5 nitrogen and oxygen atoms in total. The van der Waals surface area contributed by atoms with E-state index < -0.39 is 12.0 Å². The number of ether oxygens (including phenoxy) is 2. The zero-order valence-electron chi connectivity index (χ0n) is 15.1. The van der Waals surface area contributed by atoms with Crippen LogP contribution in [0.3, 0.4) is 0 Å². The standard InChI is InChI=1S/C18H33NO4/c1-5-10-19(11-12-20)16(21)15-13-22-18(23-15)8-6-14(7-9-18)17(2,3)4/h12,14-16,21H,5-11,13H2,1-4H3. The third-order valence-electron chi connectivity index (χ3n) is 5.38. The van der Waals surface area contributed by atoms with Crippen LogP contribution < -0.4 is 0 Å². The smallest absolute Gasteiger partial charge is 0.169 e. The Morgan fingerprint density at radius 1 is 1.35 bits per heavy atom. The van der Waals surface area contributed by atoms with Crippen LogP contribution in [0.25, 0.3) is 0 Å². The van der Waals surface area contributed by atoms with E-state index >= 15 is 0 Å². The number of aliphatic hydroxyl groups is 1. The number of hydrogen-bond donors (Lipinski definition) is 1. The fourth-order valence-corrected chi connectivity index (χ4v) is 3.86. The summed E-state index contributed by atoms with van der Waals surface area (Å²) in [6, 6.07) is 0. The summed E-state index contributed by atoms with van der Waals surface area (Å²) in [6.07, 6.45) is 4.54. The van der Waals surface area contributed by atoms with E-state index in [1.54, 1.807) is 4.90 Å². The second-order valence-electron chi connectivity index (χ2n) is 8.09. The summed E-state index contributed by atoms with van der Waals surface area (Å²) in [5, 5.41) is 10.5. The van der Waals surface area contributed by atoms with E-state index in [1.807, 2.05) is 6.92 Å². The molecule has 2 atom stereocenters. The van der Waals surface area contributed by atoms with Gasteiger partial charge in [0.2, 0.25) is 0 Å². The van der Waals surface area contributed by atoms with Crippen LogP contribution in [0.1, 0.15) is 59.8 Å². The molecule has 0 aromatic heterocycles. The van der Waals surface area contributed by atoms with Gasteiger partial charge in [0.25, 0.3) is 0 Å². The van der Waals surface area contributed by atoms with E-state index in [0.29, 0.717) is 24.5 Å². The van der Waals surface area contributed by atoms with Crippen LogP contribution in [-0.2, 0) is 14.3 Å². The molecule has 0 bridgehead atoms. The predicted molar refractivity (Wildman–Crippen MR) is 88.9 cm³/mol. The van der Waals surface area contributed by atoms with Gasteiger partial charge < -0.3 is 19.4 Å². The van der Waals surface area contributed by atoms with E-state index in [4.69, 9.17) is 9.47 Å². The predicted octanol–water partition coefficient (Wildman–Crippen LogP) is 2.56. The van der Waals surface area contributed by atoms with Gasteiger partial charge in [-0.05, 0) is 30.6 Å².